The number of halogens is 1. The van der Waals surface area contributed by atoms with Crippen molar-refractivity contribution in [1.82, 2.24) is 10.2 Å². The van der Waals surface area contributed by atoms with Gasteiger partial charge in [0.1, 0.15) is 0 Å². The van der Waals surface area contributed by atoms with Gasteiger partial charge in [0.25, 0.3) is 5.89 Å². The molecule has 0 amide bonds. The van der Waals surface area contributed by atoms with Gasteiger partial charge < -0.3 is 9.15 Å². The Balaban J connectivity index is 1.71. The molecule has 0 fully saturated rings. The summed E-state index contributed by atoms with van der Waals surface area (Å²) in [6, 6.07) is 15.8. The van der Waals surface area contributed by atoms with Crippen LogP contribution in [0.1, 0.15) is 29.3 Å². The first-order valence-corrected chi connectivity index (χ1v) is 7.36. The number of carbonyl (C=O) groups is 1. The molecule has 1 aromatic heterocycles. The van der Waals surface area contributed by atoms with Crippen LogP contribution in [0.25, 0.3) is 11.5 Å². The van der Waals surface area contributed by atoms with E-state index in [0.29, 0.717) is 16.5 Å². The summed E-state index contributed by atoms with van der Waals surface area (Å²) in [5.74, 6) is 0.148. The van der Waals surface area contributed by atoms with Crippen LogP contribution in [0.2, 0.25) is 5.02 Å². The highest BCUT2D eigenvalue weighted by Gasteiger charge is 2.19. The summed E-state index contributed by atoms with van der Waals surface area (Å²) in [6.45, 7) is 1.68. The molecule has 3 aromatic rings. The minimum absolute atomic E-state index is 0.242. The molecule has 3 rings (SSSR count). The van der Waals surface area contributed by atoms with E-state index in [2.05, 4.69) is 10.2 Å². The molecule has 0 N–H and O–H groups in total. The average molecular weight is 329 g/mol. The largest absolute Gasteiger partial charge is 0.449 e. The second-order valence-electron chi connectivity index (χ2n) is 4.87. The third-order valence-electron chi connectivity index (χ3n) is 3.17. The molecule has 23 heavy (non-hydrogen) atoms. The molecule has 0 aliphatic rings. The minimum atomic E-state index is -0.650. The van der Waals surface area contributed by atoms with E-state index in [0.717, 1.165) is 5.56 Å². The highest BCUT2D eigenvalue weighted by Crippen LogP contribution is 2.23. The molecular weight excluding hydrogens is 316 g/mol. The number of nitrogens with zero attached hydrogens (tertiary/aromatic N) is 2. The maximum Gasteiger partial charge on any atom is 0.338 e. The Labute approximate surface area is 137 Å². The smallest absolute Gasteiger partial charge is 0.338 e. The van der Waals surface area contributed by atoms with Crippen molar-refractivity contribution in [3.8, 4) is 11.5 Å². The van der Waals surface area contributed by atoms with E-state index in [1.807, 2.05) is 30.3 Å². The van der Waals surface area contributed by atoms with Crippen LogP contribution in [0.3, 0.4) is 0 Å². The van der Waals surface area contributed by atoms with E-state index in [1.54, 1.807) is 31.2 Å². The highest BCUT2D eigenvalue weighted by molar-refractivity contribution is 6.30. The Hall–Kier alpha value is -2.66. The molecule has 1 atom stereocenters. The van der Waals surface area contributed by atoms with Crippen LogP contribution in [0.4, 0.5) is 0 Å². The van der Waals surface area contributed by atoms with Crippen LogP contribution >= 0.6 is 11.6 Å². The van der Waals surface area contributed by atoms with Gasteiger partial charge in [-0.15, -0.1) is 10.2 Å². The second-order valence-corrected chi connectivity index (χ2v) is 5.30. The Morgan fingerprint density at radius 3 is 2.48 bits per heavy atom. The maximum atomic E-state index is 12.1. The highest BCUT2D eigenvalue weighted by atomic mass is 35.5. The number of ether oxygens (including phenoxy) is 1. The third kappa shape index (κ3) is 3.57. The molecule has 1 heterocycles. The third-order valence-corrected chi connectivity index (χ3v) is 3.42. The van der Waals surface area contributed by atoms with Gasteiger partial charge in [-0.05, 0) is 43.3 Å². The number of benzene rings is 2. The van der Waals surface area contributed by atoms with Crippen LogP contribution in [0, 0.1) is 0 Å². The van der Waals surface area contributed by atoms with Crippen LogP contribution in [-0.2, 0) is 4.74 Å². The molecule has 116 valence electrons. The maximum absolute atomic E-state index is 12.1. The van der Waals surface area contributed by atoms with Crippen molar-refractivity contribution in [2.75, 3.05) is 0 Å². The Kier molecular flexibility index (Phi) is 4.39. The lowest BCUT2D eigenvalue weighted by Gasteiger charge is -2.09. The van der Waals surface area contributed by atoms with Gasteiger partial charge in [0.15, 0.2) is 6.10 Å². The zero-order valence-electron chi connectivity index (χ0n) is 12.3. The molecule has 0 aliphatic carbocycles. The standard InChI is InChI=1S/C17H13ClN2O3/c1-11(22-17(21)13-7-9-14(18)10-8-13)15-19-20-16(23-15)12-5-3-2-4-6-12/h2-11H,1H3. The lowest BCUT2D eigenvalue weighted by molar-refractivity contribution is 0.0280. The van der Waals surface area contributed by atoms with Gasteiger partial charge in [-0.25, -0.2) is 4.79 Å². The van der Waals surface area contributed by atoms with E-state index >= 15 is 0 Å². The van der Waals surface area contributed by atoms with E-state index in [-0.39, 0.29) is 5.89 Å². The fourth-order valence-corrected chi connectivity index (χ4v) is 2.09. The first-order chi connectivity index (χ1) is 11.1. The van der Waals surface area contributed by atoms with E-state index in [9.17, 15) is 4.79 Å². The van der Waals surface area contributed by atoms with Gasteiger partial charge in [-0.3, -0.25) is 0 Å². The molecule has 1 unspecified atom stereocenters. The Bertz CT molecular complexity index is 800. The van der Waals surface area contributed by atoms with Gasteiger partial charge in [-0.1, -0.05) is 29.8 Å². The van der Waals surface area contributed by atoms with Crippen molar-refractivity contribution >= 4 is 17.6 Å². The molecule has 5 nitrogen and oxygen atoms in total. The van der Waals surface area contributed by atoms with Crippen molar-refractivity contribution < 1.29 is 13.9 Å². The van der Waals surface area contributed by atoms with Gasteiger partial charge >= 0.3 is 5.97 Å². The summed E-state index contributed by atoms with van der Waals surface area (Å²) in [6.07, 6.45) is -0.650. The number of rotatable bonds is 4. The number of hydrogen-bond donors (Lipinski definition) is 0. The average Bonchev–Trinajstić information content (AvgIpc) is 3.06. The van der Waals surface area contributed by atoms with E-state index < -0.39 is 12.1 Å². The topological polar surface area (TPSA) is 65.2 Å². The van der Waals surface area contributed by atoms with Crippen molar-refractivity contribution in [3.63, 3.8) is 0 Å². The predicted octanol–water partition coefficient (Wildman–Crippen LogP) is 4.31. The molecule has 2 aromatic carbocycles. The molecule has 0 bridgehead atoms. The summed E-state index contributed by atoms with van der Waals surface area (Å²) in [5.41, 5.74) is 1.21. The molecule has 0 saturated carbocycles. The zero-order chi connectivity index (χ0) is 16.2. The first kappa shape index (κ1) is 15.2. The normalized spacial score (nSPS) is 11.9. The van der Waals surface area contributed by atoms with E-state index in [1.165, 1.54) is 0 Å². The number of aromatic nitrogens is 2. The van der Waals surface area contributed by atoms with Crippen molar-refractivity contribution in [1.29, 1.82) is 0 Å². The number of hydrogen-bond acceptors (Lipinski definition) is 5. The molecule has 0 aliphatic heterocycles. The SMILES string of the molecule is CC(OC(=O)c1ccc(Cl)cc1)c1nnc(-c2ccccc2)o1. The zero-order valence-corrected chi connectivity index (χ0v) is 13.0. The Morgan fingerprint density at radius 1 is 1.09 bits per heavy atom. The van der Waals surface area contributed by atoms with Gasteiger partial charge in [0.05, 0.1) is 5.56 Å². The van der Waals surface area contributed by atoms with Crippen LogP contribution in [-0.4, -0.2) is 16.2 Å². The molecule has 0 saturated heterocycles. The lowest BCUT2D eigenvalue weighted by Crippen LogP contribution is -2.09. The summed E-state index contributed by atoms with van der Waals surface area (Å²) in [5, 5.41) is 8.47. The summed E-state index contributed by atoms with van der Waals surface area (Å²) >= 11 is 5.79. The van der Waals surface area contributed by atoms with Crippen molar-refractivity contribution in [3.05, 3.63) is 71.1 Å². The molecule has 0 radical (unpaired) electrons. The first-order valence-electron chi connectivity index (χ1n) is 6.99. The van der Waals surface area contributed by atoms with Crippen molar-refractivity contribution in [2.24, 2.45) is 0 Å². The van der Waals surface area contributed by atoms with Gasteiger partial charge in [0, 0.05) is 10.6 Å². The fourth-order valence-electron chi connectivity index (χ4n) is 1.96. The summed E-state index contributed by atoms with van der Waals surface area (Å²) < 4.78 is 10.9. The quantitative estimate of drug-likeness (QED) is 0.668. The number of esters is 1. The minimum Gasteiger partial charge on any atom is -0.449 e. The second kappa shape index (κ2) is 6.62. The molecule has 0 spiro atoms. The van der Waals surface area contributed by atoms with Gasteiger partial charge in [-0.2, -0.15) is 0 Å². The monoisotopic (exact) mass is 328 g/mol. The Morgan fingerprint density at radius 2 is 1.78 bits per heavy atom. The van der Waals surface area contributed by atoms with Crippen LogP contribution in [0.15, 0.2) is 59.0 Å². The summed E-state index contributed by atoms with van der Waals surface area (Å²) in [4.78, 5) is 12.1. The fraction of sp³-hybridized carbons (Fsp3) is 0.118. The van der Waals surface area contributed by atoms with E-state index in [4.69, 9.17) is 20.8 Å². The predicted molar refractivity (Wildman–Crippen MR) is 85.0 cm³/mol. The molecule has 6 heteroatoms. The lowest BCUT2D eigenvalue weighted by atomic mass is 10.2. The molecular formula is C17H13ClN2O3. The number of carbonyl (C=O) groups excluding carboxylic acids is 1. The van der Waals surface area contributed by atoms with Gasteiger partial charge in [0.2, 0.25) is 5.89 Å². The van der Waals surface area contributed by atoms with Crippen LogP contribution < -0.4 is 0 Å². The van der Waals surface area contributed by atoms with Crippen LogP contribution in [0.5, 0.6) is 0 Å². The summed E-state index contributed by atoms with van der Waals surface area (Å²) in [7, 11) is 0. The van der Waals surface area contributed by atoms with Crippen molar-refractivity contribution in [2.45, 2.75) is 13.0 Å².